The molecule has 0 aromatic heterocycles. The largest absolute Gasteiger partial charge is 0.313 e. The molecule has 4 nitrogen and oxygen atoms in total. The maximum absolute atomic E-state index is 11.8. The van der Waals surface area contributed by atoms with Crippen LogP contribution in [0.25, 0.3) is 0 Å². The highest BCUT2D eigenvalue weighted by atomic mass is 32.2. The van der Waals surface area contributed by atoms with E-state index in [0.29, 0.717) is 6.42 Å². The van der Waals surface area contributed by atoms with Gasteiger partial charge in [0, 0.05) is 18.5 Å². The molecule has 0 amide bonds. The molecule has 16 heavy (non-hydrogen) atoms. The lowest BCUT2D eigenvalue weighted by atomic mass is 10.1. The monoisotopic (exact) mass is 244 g/mol. The summed E-state index contributed by atoms with van der Waals surface area (Å²) in [5, 5.41) is 3.22. The zero-order valence-electron chi connectivity index (χ0n) is 9.70. The summed E-state index contributed by atoms with van der Waals surface area (Å²) in [5.41, 5.74) is 0. The van der Waals surface area contributed by atoms with Crippen molar-refractivity contribution in [3.8, 4) is 12.3 Å². The summed E-state index contributed by atoms with van der Waals surface area (Å²) < 4.78 is 26.1. The predicted octanol–water partition coefficient (Wildman–Crippen LogP) is 0.460. The van der Waals surface area contributed by atoms with Gasteiger partial charge < -0.3 is 5.32 Å². The Bertz CT molecular complexity index is 339. The Morgan fingerprint density at radius 2 is 2.31 bits per heavy atom. The number of hydrogen-bond donors (Lipinski definition) is 2. The highest BCUT2D eigenvalue weighted by molar-refractivity contribution is 7.89. The Kier molecular flexibility index (Phi) is 5.26. The Balaban J connectivity index is 2.41. The minimum absolute atomic E-state index is 0.0873. The van der Waals surface area contributed by atoms with Gasteiger partial charge in [0.1, 0.15) is 0 Å². The molecule has 0 radical (unpaired) electrons. The molecule has 0 saturated carbocycles. The summed E-state index contributed by atoms with van der Waals surface area (Å²) >= 11 is 0. The standard InChI is InChI=1S/C11H20N2O2S/c1-3-6-10(2)13-16(14,15)9-11-7-4-5-8-12-11/h1,10-13H,4-9H2,2H3. The Hall–Kier alpha value is -0.570. The molecule has 0 aromatic carbocycles. The van der Waals surface area contributed by atoms with Crippen molar-refractivity contribution >= 4 is 10.0 Å². The highest BCUT2D eigenvalue weighted by Gasteiger charge is 2.21. The fourth-order valence-corrected chi connectivity index (χ4v) is 3.51. The molecule has 1 aliphatic rings. The summed E-state index contributed by atoms with van der Waals surface area (Å²) in [5.74, 6) is 2.61. The second-order valence-electron chi connectivity index (χ2n) is 4.36. The van der Waals surface area contributed by atoms with Crippen molar-refractivity contribution in [3.63, 3.8) is 0 Å². The van der Waals surface area contributed by atoms with Crippen LogP contribution in [0, 0.1) is 12.3 Å². The molecule has 2 N–H and O–H groups in total. The van der Waals surface area contributed by atoms with E-state index >= 15 is 0 Å². The molecular weight excluding hydrogens is 224 g/mol. The van der Waals surface area contributed by atoms with Crippen LogP contribution in [0.15, 0.2) is 0 Å². The average Bonchev–Trinajstić information content (AvgIpc) is 2.17. The van der Waals surface area contributed by atoms with E-state index in [2.05, 4.69) is 16.0 Å². The normalized spacial score (nSPS) is 23.6. The number of sulfonamides is 1. The van der Waals surface area contributed by atoms with Crippen molar-refractivity contribution in [1.29, 1.82) is 0 Å². The van der Waals surface area contributed by atoms with Crippen LogP contribution in [0.5, 0.6) is 0 Å². The number of rotatable bonds is 5. The molecule has 5 heteroatoms. The van der Waals surface area contributed by atoms with Crippen LogP contribution in [0.4, 0.5) is 0 Å². The molecule has 2 unspecified atom stereocenters. The third-order valence-corrected chi connectivity index (χ3v) is 4.24. The first-order valence-corrected chi connectivity index (χ1v) is 7.35. The topological polar surface area (TPSA) is 58.2 Å². The first-order valence-electron chi connectivity index (χ1n) is 5.70. The molecule has 0 spiro atoms. The average molecular weight is 244 g/mol. The van der Waals surface area contributed by atoms with Crippen LogP contribution in [-0.4, -0.2) is 32.8 Å². The van der Waals surface area contributed by atoms with Crippen LogP contribution in [0.2, 0.25) is 0 Å². The van der Waals surface area contributed by atoms with Crippen molar-refractivity contribution in [3.05, 3.63) is 0 Å². The van der Waals surface area contributed by atoms with Gasteiger partial charge in [-0.3, -0.25) is 0 Å². The minimum Gasteiger partial charge on any atom is -0.313 e. The van der Waals surface area contributed by atoms with E-state index in [1.807, 2.05) is 0 Å². The molecular formula is C11H20N2O2S. The summed E-state index contributed by atoms with van der Waals surface area (Å²) in [6, 6.07) is -0.0946. The molecule has 1 aliphatic heterocycles. The van der Waals surface area contributed by atoms with E-state index < -0.39 is 10.0 Å². The zero-order chi connectivity index (χ0) is 12.0. The van der Waals surface area contributed by atoms with Gasteiger partial charge in [-0.2, -0.15) is 0 Å². The second-order valence-corrected chi connectivity index (χ2v) is 6.15. The minimum atomic E-state index is -3.21. The van der Waals surface area contributed by atoms with E-state index in [-0.39, 0.29) is 17.8 Å². The van der Waals surface area contributed by atoms with Gasteiger partial charge in [0.2, 0.25) is 10.0 Å². The van der Waals surface area contributed by atoms with Gasteiger partial charge in [-0.15, -0.1) is 12.3 Å². The van der Waals surface area contributed by atoms with Gasteiger partial charge in [-0.05, 0) is 26.3 Å². The molecule has 0 aliphatic carbocycles. The van der Waals surface area contributed by atoms with Gasteiger partial charge in [0.15, 0.2) is 0 Å². The maximum atomic E-state index is 11.8. The number of piperidine rings is 1. The first kappa shape index (κ1) is 13.5. The third-order valence-electron chi connectivity index (χ3n) is 2.64. The fraction of sp³-hybridized carbons (Fsp3) is 0.818. The first-order chi connectivity index (χ1) is 7.53. The maximum Gasteiger partial charge on any atom is 0.213 e. The molecule has 1 rings (SSSR count). The lowest BCUT2D eigenvalue weighted by molar-refractivity contribution is 0.421. The Morgan fingerprint density at radius 1 is 1.56 bits per heavy atom. The van der Waals surface area contributed by atoms with Crippen LogP contribution in [-0.2, 0) is 10.0 Å². The molecule has 1 heterocycles. The van der Waals surface area contributed by atoms with Crippen molar-refractivity contribution in [2.75, 3.05) is 12.3 Å². The van der Waals surface area contributed by atoms with Gasteiger partial charge in [-0.25, -0.2) is 13.1 Å². The lowest BCUT2D eigenvalue weighted by Crippen LogP contribution is -2.44. The van der Waals surface area contributed by atoms with E-state index in [1.54, 1.807) is 6.92 Å². The van der Waals surface area contributed by atoms with E-state index in [9.17, 15) is 8.42 Å². The molecule has 1 fully saturated rings. The fourth-order valence-electron chi connectivity index (χ4n) is 1.90. The van der Waals surface area contributed by atoms with Crippen molar-refractivity contribution in [2.24, 2.45) is 0 Å². The Morgan fingerprint density at radius 3 is 2.88 bits per heavy atom. The number of hydrogen-bond acceptors (Lipinski definition) is 3. The predicted molar refractivity (Wildman–Crippen MR) is 65.5 cm³/mol. The number of nitrogens with one attached hydrogen (secondary N) is 2. The van der Waals surface area contributed by atoms with Crippen LogP contribution >= 0.6 is 0 Å². The van der Waals surface area contributed by atoms with Crippen molar-refractivity contribution in [1.82, 2.24) is 10.0 Å². The van der Waals surface area contributed by atoms with Crippen molar-refractivity contribution < 1.29 is 8.42 Å². The SMILES string of the molecule is C#CCC(C)NS(=O)(=O)CC1CCCCN1. The summed E-state index contributed by atoms with van der Waals surface area (Å²) in [7, 11) is -3.21. The molecule has 0 aromatic rings. The van der Waals surface area contributed by atoms with Crippen LogP contribution < -0.4 is 10.0 Å². The van der Waals surface area contributed by atoms with Crippen LogP contribution in [0.3, 0.4) is 0 Å². The zero-order valence-corrected chi connectivity index (χ0v) is 10.5. The van der Waals surface area contributed by atoms with Crippen molar-refractivity contribution in [2.45, 2.75) is 44.7 Å². The Labute approximate surface area is 98.2 Å². The molecule has 0 bridgehead atoms. The molecule has 2 atom stereocenters. The smallest absolute Gasteiger partial charge is 0.213 e. The third kappa shape index (κ3) is 4.97. The van der Waals surface area contributed by atoms with Gasteiger partial charge in [-0.1, -0.05) is 6.42 Å². The van der Waals surface area contributed by atoms with E-state index in [1.165, 1.54) is 0 Å². The molecule has 1 saturated heterocycles. The lowest BCUT2D eigenvalue weighted by Gasteiger charge is -2.24. The van der Waals surface area contributed by atoms with Gasteiger partial charge in [0.25, 0.3) is 0 Å². The second kappa shape index (κ2) is 6.24. The molecule has 92 valence electrons. The summed E-state index contributed by atoms with van der Waals surface area (Å²) in [6.45, 7) is 2.70. The van der Waals surface area contributed by atoms with E-state index in [0.717, 1.165) is 25.8 Å². The summed E-state index contributed by atoms with van der Waals surface area (Å²) in [6.07, 6.45) is 8.74. The van der Waals surface area contributed by atoms with Gasteiger partial charge >= 0.3 is 0 Å². The van der Waals surface area contributed by atoms with Crippen LogP contribution in [0.1, 0.15) is 32.6 Å². The van der Waals surface area contributed by atoms with E-state index in [4.69, 9.17) is 6.42 Å². The quantitative estimate of drug-likeness (QED) is 0.691. The highest BCUT2D eigenvalue weighted by Crippen LogP contribution is 2.09. The summed E-state index contributed by atoms with van der Waals surface area (Å²) in [4.78, 5) is 0. The number of terminal acetylenes is 1. The van der Waals surface area contributed by atoms with Gasteiger partial charge in [0.05, 0.1) is 5.75 Å².